The van der Waals surface area contributed by atoms with Gasteiger partial charge in [0.15, 0.2) is 11.6 Å². The maximum absolute atomic E-state index is 14.8. The average Bonchev–Trinajstić information content (AvgIpc) is 2.72. The van der Waals surface area contributed by atoms with E-state index in [0.717, 1.165) is 25.7 Å². The monoisotopic (exact) mass is 378 g/mol. The van der Waals surface area contributed by atoms with Gasteiger partial charge in [-0.3, -0.25) is 0 Å². The lowest BCUT2D eigenvalue weighted by Crippen LogP contribution is -1.95. The Kier molecular flexibility index (Phi) is 6.97. The van der Waals surface area contributed by atoms with E-state index in [2.05, 4.69) is 13.8 Å². The van der Waals surface area contributed by atoms with E-state index >= 15 is 0 Å². The largest absolute Gasteiger partial charge is 0.203 e. The Labute approximate surface area is 167 Å². The zero-order valence-electron chi connectivity index (χ0n) is 16.8. The first-order valence-corrected chi connectivity index (χ1v) is 10.3. The van der Waals surface area contributed by atoms with E-state index in [1.807, 2.05) is 48.5 Å². The molecule has 0 fully saturated rings. The lowest BCUT2D eigenvalue weighted by Gasteiger charge is -2.10. The third-order valence-electron chi connectivity index (χ3n) is 5.22. The lowest BCUT2D eigenvalue weighted by molar-refractivity contribution is 0.514. The Morgan fingerprint density at radius 2 is 1.00 bits per heavy atom. The zero-order chi connectivity index (χ0) is 19.9. The molecule has 0 aliphatic heterocycles. The molecule has 3 aromatic rings. The SMILES string of the molecule is CCCCCc1ccc(-c2ccc(-c3ccc(CCC)cc3)c(F)c2F)cc1. The molecule has 0 N–H and O–H groups in total. The van der Waals surface area contributed by atoms with Crippen molar-refractivity contribution < 1.29 is 8.78 Å². The van der Waals surface area contributed by atoms with Crippen LogP contribution in [0, 0.1) is 11.6 Å². The number of aryl methyl sites for hydroxylation is 2. The molecule has 0 heterocycles. The van der Waals surface area contributed by atoms with Gasteiger partial charge < -0.3 is 0 Å². The van der Waals surface area contributed by atoms with Gasteiger partial charge in [-0.05, 0) is 41.5 Å². The molecular weight excluding hydrogens is 350 g/mol. The molecule has 0 atom stereocenters. The highest BCUT2D eigenvalue weighted by molar-refractivity contribution is 5.72. The molecule has 2 heteroatoms. The zero-order valence-corrected chi connectivity index (χ0v) is 16.8. The fourth-order valence-corrected chi connectivity index (χ4v) is 3.57. The first kappa shape index (κ1) is 20.3. The predicted molar refractivity (Wildman–Crippen MR) is 114 cm³/mol. The maximum Gasteiger partial charge on any atom is 0.167 e. The summed E-state index contributed by atoms with van der Waals surface area (Å²) in [4.78, 5) is 0. The Balaban J connectivity index is 1.83. The van der Waals surface area contributed by atoms with Crippen LogP contribution in [0.2, 0.25) is 0 Å². The minimum absolute atomic E-state index is 0.306. The van der Waals surface area contributed by atoms with E-state index in [-0.39, 0.29) is 0 Å². The molecule has 0 amide bonds. The van der Waals surface area contributed by atoms with Crippen molar-refractivity contribution in [2.75, 3.05) is 0 Å². The summed E-state index contributed by atoms with van der Waals surface area (Å²) in [6.07, 6.45) is 6.64. The Bertz CT molecular complexity index is 893. The van der Waals surface area contributed by atoms with Gasteiger partial charge in [-0.25, -0.2) is 8.78 Å². The van der Waals surface area contributed by atoms with Gasteiger partial charge in [0.1, 0.15) is 0 Å². The van der Waals surface area contributed by atoms with Crippen LogP contribution in [0.5, 0.6) is 0 Å². The highest BCUT2D eigenvalue weighted by Gasteiger charge is 2.16. The summed E-state index contributed by atoms with van der Waals surface area (Å²) in [7, 11) is 0. The van der Waals surface area contributed by atoms with Crippen LogP contribution in [-0.2, 0) is 12.8 Å². The normalized spacial score (nSPS) is 11.0. The van der Waals surface area contributed by atoms with Crippen LogP contribution in [0.3, 0.4) is 0 Å². The summed E-state index contributed by atoms with van der Waals surface area (Å²) in [5, 5.41) is 0. The van der Waals surface area contributed by atoms with Gasteiger partial charge in [0, 0.05) is 11.1 Å². The molecule has 3 rings (SSSR count). The second-order valence-corrected chi connectivity index (χ2v) is 7.39. The summed E-state index contributed by atoms with van der Waals surface area (Å²) in [5.74, 6) is -1.57. The van der Waals surface area contributed by atoms with E-state index < -0.39 is 11.6 Å². The summed E-state index contributed by atoms with van der Waals surface area (Å²) >= 11 is 0. The molecule has 0 nitrogen and oxygen atoms in total. The van der Waals surface area contributed by atoms with Crippen molar-refractivity contribution in [2.45, 2.75) is 52.4 Å². The Hall–Kier alpha value is -2.48. The molecule has 0 aromatic heterocycles. The number of halogens is 2. The molecule has 0 aliphatic carbocycles. The van der Waals surface area contributed by atoms with E-state index in [4.69, 9.17) is 0 Å². The average molecular weight is 379 g/mol. The number of unbranched alkanes of at least 4 members (excludes halogenated alkanes) is 2. The van der Waals surface area contributed by atoms with E-state index in [1.165, 1.54) is 24.0 Å². The highest BCUT2D eigenvalue weighted by atomic mass is 19.2. The van der Waals surface area contributed by atoms with Crippen LogP contribution >= 0.6 is 0 Å². The lowest BCUT2D eigenvalue weighted by atomic mass is 9.96. The minimum atomic E-state index is -0.784. The quantitative estimate of drug-likeness (QED) is 0.348. The van der Waals surface area contributed by atoms with Crippen molar-refractivity contribution in [1.29, 1.82) is 0 Å². The maximum atomic E-state index is 14.8. The van der Waals surface area contributed by atoms with Gasteiger partial charge >= 0.3 is 0 Å². The second kappa shape index (κ2) is 9.64. The second-order valence-electron chi connectivity index (χ2n) is 7.39. The van der Waals surface area contributed by atoms with E-state index in [1.54, 1.807) is 12.1 Å². The van der Waals surface area contributed by atoms with Gasteiger partial charge in [0.25, 0.3) is 0 Å². The van der Waals surface area contributed by atoms with Crippen molar-refractivity contribution >= 4 is 0 Å². The number of hydrogen-bond donors (Lipinski definition) is 0. The predicted octanol–water partition coefficient (Wildman–Crippen LogP) is 7.98. The molecule has 28 heavy (non-hydrogen) atoms. The smallest absolute Gasteiger partial charge is 0.167 e. The van der Waals surface area contributed by atoms with Crippen molar-refractivity contribution in [2.24, 2.45) is 0 Å². The van der Waals surface area contributed by atoms with Crippen LogP contribution in [0.15, 0.2) is 60.7 Å². The third kappa shape index (κ3) is 4.67. The molecule has 0 saturated heterocycles. The summed E-state index contributed by atoms with van der Waals surface area (Å²) in [6.45, 7) is 4.31. The molecule has 0 radical (unpaired) electrons. The molecule has 0 spiro atoms. The van der Waals surface area contributed by atoms with Crippen LogP contribution in [-0.4, -0.2) is 0 Å². The molecule has 0 unspecified atom stereocenters. The Morgan fingerprint density at radius 1 is 0.536 bits per heavy atom. The summed E-state index contributed by atoms with van der Waals surface area (Å²) < 4.78 is 29.6. The van der Waals surface area contributed by atoms with E-state index in [0.29, 0.717) is 22.3 Å². The summed E-state index contributed by atoms with van der Waals surface area (Å²) in [5.41, 5.74) is 4.48. The van der Waals surface area contributed by atoms with Crippen LogP contribution in [0.1, 0.15) is 50.7 Å². The molecule has 146 valence electrons. The van der Waals surface area contributed by atoms with Gasteiger partial charge in [0.2, 0.25) is 0 Å². The van der Waals surface area contributed by atoms with E-state index in [9.17, 15) is 8.78 Å². The number of rotatable bonds is 8. The van der Waals surface area contributed by atoms with Gasteiger partial charge in [-0.1, -0.05) is 93.8 Å². The van der Waals surface area contributed by atoms with Crippen molar-refractivity contribution in [3.8, 4) is 22.3 Å². The first-order valence-electron chi connectivity index (χ1n) is 10.3. The number of benzene rings is 3. The first-order chi connectivity index (χ1) is 13.6. The highest BCUT2D eigenvalue weighted by Crippen LogP contribution is 2.32. The Morgan fingerprint density at radius 3 is 1.43 bits per heavy atom. The summed E-state index contributed by atoms with van der Waals surface area (Å²) in [6, 6.07) is 18.9. The van der Waals surface area contributed by atoms with Gasteiger partial charge in [0.05, 0.1) is 0 Å². The van der Waals surface area contributed by atoms with Gasteiger partial charge in [-0.2, -0.15) is 0 Å². The standard InChI is InChI=1S/C26H28F2/c1-3-5-6-8-20-11-15-22(16-12-20)24-18-17-23(25(27)26(24)28)21-13-9-19(7-4-2)10-14-21/h9-18H,3-8H2,1-2H3. The van der Waals surface area contributed by atoms with Crippen LogP contribution in [0.4, 0.5) is 8.78 Å². The van der Waals surface area contributed by atoms with Crippen molar-refractivity contribution in [1.82, 2.24) is 0 Å². The third-order valence-corrected chi connectivity index (χ3v) is 5.22. The van der Waals surface area contributed by atoms with Crippen LogP contribution < -0.4 is 0 Å². The number of hydrogen-bond acceptors (Lipinski definition) is 0. The molecule has 0 aliphatic rings. The molecule has 0 saturated carbocycles. The van der Waals surface area contributed by atoms with Gasteiger partial charge in [-0.15, -0.1) is 0 Å². The van der Waals surface area contributed by atoms with Crippen molar-refractivity contribution in [3.63, 3.8) is 0 Å². The minimum Gasteiger partial charge on any atom is -0.203 e. The van der Waals surface area contributed by atoms with Crippen LogP contribution in [0.25, 0.3) is 22.3 Å². The molecule has 3 aromatic carbocycles. The van der Waals surface area contributed by atoms with Crippen molar-refractivity contribution in [3.05, 3.63) is 83.4 Å². The topological polar surface area (TPSA) is 0 Å². The fourth-order valence-electron chi connectivity index (χ4n) is 3.57. The fraction of sp³-hybridized carbons (Fsp3) is 0.308. The molecular formula is C26H28F2. The molecule has 0 bridgehead atoms.